The van der Waals surface area contributed by atoms with E-state index in [0.29, 0.717) is 5.02 Å². The van der Waals surface area contributed by atoms with Crippen LogP contribution in [0.25, 0.3) is 11.0 Å². The maximum atomic E-state index is 11.9. The van der Waals surface area contributed by atoms with Gasteiger partial charge in [0.1, 0.15) is 18.7 Å². The standard InChI is InChI=1S/C15H12ClN3O2/c16-12-6-2-1-5-11(12)10-21-15(20)9-19-14-8-4-3-7-13(14)17-18-19/h1-8H,9-10H2. The highest BCUT2D eigenvalue weighted by molar-refractivity contribution is 6.31. The number of rotatable bonds is 4. The Morgan fingerprint density at radius 1 is 1.14 bits per heavy atom. The van der Waals surface area contributed by atoms with Crippen LogP contribution in [0.3, 0.4) is 0 Å². The van der Waals surface area contributed by atoms with Crippen LogP contribution >= 0.6 is 11.6 Å². The molecule has 0 bridgehead atoms. The van der Waals surface area contributed by atoms with Gasteiger partial charge in [-0.2, -0.15) is 0 Å². The first kappa shape index (κ1) is 13.6. The van der Waals surface area contributed by atoms with Crippen LogP contribution < -0.4 is 0 Å². The van der Waals surface area contributed by atoms with Crippen LogP contribution in [0.15, 0.2) is 48.5 Å². The fourth-order valence-electron chi connectivity index (χ4n) is 1.98. The zero-order valence-electron chi connectivity index (χ0n) is 11.1. The molecule has 0 spiro atoms. The molecular weight excluding hydrogens is 290 g/mol. The average Bonchev–Trinajstić information content (AvgIpc) is 2.90. The van der Waals surface area contributed by atoms with Crippen LogP contribution in [0.5, 0.6) is 0 Å². The minimum absolute atomic E-state index is 0.0188. The molecule has 0 aliphatic heterocycles. The predicted molar refractivity (Wildman–Crippen MR) is 78.8 cm³/mol. The molecule has 106 valence electrons. The van der Waals surface area contributed by atoms with E-state index < -0.39 is 0 Å². The quantitative estimate of drug-likeness (QED) is 0.695. The summed E-state index contributed by atoms with van der Waals surface area (Å²) < 4.78 is 6.74. The van der Waals surface area contributed by atoms with Gasteiger partial charge in [0.25, 0.3) is 0 Å². The number of halogens is 1. The molecular formula is C15H12ClN3O2. The topological polar surface area (TPSA) is 57.0 Å². The Balaban J connectivity index is 1.66. The van der Waals surface area contributed by atoms with Crippen molar-refractivity contribution >= 4 is 28.6 Å². The van der Waals surface area contributed by atoms with Crippen LogP contribution in [0.2, 0.25) is 5.02 Å². The number of carbonyl (C=O) groups excluding carboxylic acids is 1. The summed E-state index contributed by atoms with van der Waals surface area (Å²) >= 11 is 6.01. The lowest BCUT2D eigenvalue weighted by atomic mass is 10.2. The minimum atomic E-state index is -0.384. The van der Waals surface area contributed by atoms with E-state index in [2.05, 4.69) is 10.3 Å². The van der Waals surface area contributed by atoms with Crippen LogP contribution in [0.4, 0.5) is 0 Å². The first-order valence-corrected chi connectivity index (χ1v) is 6.79. The van der Waals surface area contributed by atoms with E-state index in [1.165, 1.54) is 4.68 Å². The Morgan fingerprint density at radius 3 is 2.76 bits per heavy atom. The number of ether oxygens (including phenoxy) is 1. The summed E-state index contributed by atoms with van der Waals surface area (Å²) in [4.78, 5) is 11.9. The fourth-order valence-corrected chi connectivity index (χ4v) is 2.17. The van der Waals surface area contributed by atoms with Gasteiger partial charge in [0.05, 0.1) is 5.52 Å². The van der Waals surface area contributed by atoms with E-state index in [4.69, 9.17) is 16.3 Å². The van der Waals surface area contributed by atoms with Crippen molar-refractivity contribution in [2.75, 3.05) is 0 Å². The monoisotopic (exact) mass is 301 g/mol. The molecule has 3 aromatic rings. The Bertz CT molecular complexity index is 785. The van der Waals surface area contributed by atoms with Gasteiger partial charge in [0.2, 0.25) is 0 Å². The number of nitrogens with zero attached hydrogens (tertiary/aromatic N) is 3. The van der Waals surface area contributed by atoms with E-state index in [1.54, 1.807) is 6.07 Å². The highest BCUT2D eigenvalue weighted by Gasteiger charge is 2.10. The lowest BCUT2D eigenvalue weighted by Gasteiger charge is -2.06. The number of aromatic nitrogens is 3. The van der Waals surface area contributed by atoms with E-state index in [-0.39, 0.29) is 19.1 Å². The van der Waals surface area contributed by atoms with Crippen LogP contribution in [0, 0.1) is 0 Å². The number of fused-ring (bicyclic) bond motifs is 1. The molecule has 0 radical (unpaired) electrons. The van der Waals surface area contributed by atoms with Gasteiger partial charge < -0.3 is 4.74 Å². The summed E-state index contributed by atoms with van der Waals surface area (Å²) in [7, 11) is 0. The Kier molecular flexibility index (Phi) is 3.83. The summed E-state index contributed by atoms with van der Waals surface area (Å²) in [5, 5.41) is 8.52. The third-order valence-corrected chi connectivity index (χ3v) is 3.41. The summed E-state index contributed by atoms with van der Waals surface area (Å²) in [6.07, 6.45) is 0. The zero-order chi connectivity index (χ0) is 14.7. The van der Waals surface area contributed by atoms with Gasteiger partial charge in [-0.25, -0.2) is 4.68 Å². The van der Waals surface area contributed by atoms with E-state index in [9.17, 15) is 4.79 Å². The summed E-state index contributed by atoms with van der Waals surface area (Å²) in [6, 6.07) is 14.7. The summed E-state index contributed by atoms with van der Waals surface area (Å²) in [6.45, 7) is 0.163. The van der Waals surface area contributed by atoms with Crippen molar-refractivity contribution in [3.05, 3.63) is 59.1 Å². The van der Waals surface area contributed by atoms with Gasteiger partial charge in [-0.1, -0.05) is 47.1 Å². The number of hydrogen-bond acceptors (Lipinski definition) is 4. The van der Waals surface area contributed by atoms with Crippen molar-refractivity contribution in [1.29, 1.82) is 0 Å². The second-order valence-corrected chi connectivity index (χ2v) is 4.90. The normalized spacial score (nSPS) is 10.7. The van der Waals surface area contributed by atoms with Gasteiger partial charge >= 0.3 is 5.97 Å². The molecule has 21 heavy (non-hydrogen) atoms. The minimum Gasteiger partial charge on any atom is -0.459 e. The van der Waals surface area contributed by atoms with Crippen molar-refractivity contribution in [2.45, 2.75) is 13.2 Å². The molecule has 5 nitrogen and oxygen atoms in total. The lowest BCUT2D eigenvalue weighted by molar-refractivity contribution is -0.145. The van der Waals surface area contributed by atoms with E-state index >= 15 is 0 Å². The first-order chi connectivity index (χ1) is 10.2. The van der Waals surface area contributed by atoms with Gasteiger partial charge in [-0.15, -0.1) is 5.10 Å². The molecule has 0 aliphatic carbocycles. The number of hydrogen-bond donors (Lipinski definition) is 0. The molecule has 0 saturated carbocycles. The SMILES string of the molecule is O=C(Cn1nnc2ccccc21)OCc1ccccc1Cl. The molecule has 0 amide bonds. The summed E-state index contributed by atoms with van der Waals surface area (Å²) in [5.41, 5.74) is 2.32. The predicted octanol–water partition coefficient (Wildman–Crippen LogP) is 2.83. The molecule has 3 rings (SSSR count). The van der Waals surface area contributed by atoms with Crippen LogP contribution in [0.1, 0.15) is 5.56 Å². The van der Waals surface area contributed by atoms with Crippen molar-refractivity contribution in [3.8, 4) is 0 Å². The maximum Gasteiger partial charge on any atom is 0.328 e. The molecule has 0 aliphatic rings. The number of para-hydroxylation sites is 1. The van der Waals surface area contributed by atoms with Crippen LogP contribution in [-0.2, 0) is 22.7 Å². The van der Waals surface area contributed by atoms with Crippen molar-refractivity contribution in [1.82, 2.24) is 15.0 Å². The van der Waals surface area contributed by atoms with Crippen molar-refractivity contribution in [2.24, 2.45) is 0 Å². The van der Waals surface area contributed by atoms with Crippen molar-refractivity contribution in [3.63, 3.8) is 0 Å². The number of benzene rings is 2. The second-order valence-electron chi connectivity index (χ2n) is 4.49. The zero-order valence-corrected chi connectivity index (χ0v) is 11.8. The molecule has 0 fully saturated rings. The van der Waals surface area contributed by atoms with E-state index in [1.807, 2.05) is 42.5 Å². The number of carbonyl (C=O) groups is 1. The highest BCUT2D eigenvalue weighted by atomic mass is 35.5. The van der Waals surface area contributed by atoms with Crippen molar-refractivity contribution < 1.29 is 9.53 Å². The Labute approximate surface area is 126 Å². The third kappa shape index (κ3) is 3.03. The third-order valence-electron chi connectivity index (χ3n) is 3.05. The number of esters is 1. The molecule has 0 atom stereocenters. The molecule has 0 N–H and O–H groups in total. The first-order valence-electron chi connectivity index (χ1n) is 6.41. The fraction of sp³-hybridized carbons (Fsp3) is 0.133. The lowest BCUT2D eigenvalue weighted by Crippen LogP contribution is -2.14. The van der Waals surface area contributed by atoms with Gasteiger partial charge in [0, 0.05) is 10.6 Å². The average molecular weight is 302 g/mol. The Morgan fingerprint density at radius 2 is 1.90 bits per heavy atom. The van der Waals surface area contributed by atoms with Gasteiger partial charge in [-0.3, -0.25) is 4.79 Å². The molecule has 1 aromatic heterocycles. The van der Waals surface area contributed by atoms with E-state index in [0.717, 1.165) is 16.6 Å². The molecule has 1 heterocycles. The van der Waals surface area contributed by atoms with Crippen LogP contribution in [-0.4, -0.2) is 21.0 Å². The highest BCUT2D eigenvalue weighted by Crippen LogP contribution is 2.16. The van der Waals surface area contributed by atoms with Gasteiger partial charge in [0.15, 0.2) is 0 Å². The van der Waals surface area contributed by atoms with Gasteiger partial charge in [-0.05, 0) is 18.2 Å². The smallest absolute Gasteiger partial charge is 0.328 e. The maximum absolute atomic E-state index is 11.9. The molecule has 6 heteroatoms. The summed E-state index contributed by atoms with van der Waals surface area (Å²) in [5.74, 6) is -0.384. The molecule has 0 saturated heterocycles. The second kappa shape index (κ2) is 5.93. The largest absolute Gasteiger partial charge is 0.459 e. The molecule has 2 aromatic carbocycles. The molecule has 0 unspecified atom stereocenters. The Hall–Kier alpha value is -2.40.